The Balaban J connectivity index is 0.0000108. The Morgan fingerprint density at radius 1 is 0.292 bits per heavy atom. The number of hydrogen-bond acceptors (Lipinski definition) is 0. The van der Waals surface area contributed by atoms with Crippen molar-refractivity contribution >= 4 is 0 Å². The lowest BCUT2D eigenvalue weighted by Gasteiger charge is -2.41. The molecule has 0 aliphatic heterocycles. The molecule has 0 bridgehead atoms. The molecule has 0 heterocycles. The van der Waals surface area contributed by atoms with Crippen LogP contribution in [0.2, 0.25) is 0 Å². The van der Waals surface area contributed by atoms with Gasteiger partial charge in [0.05, 0.1) is 0 Å². The predicted molar refractivity (Wildman–Crippen MR) is 107 cm³/mol. The molecule has 0 aromatic heterocycles. The maximum atomic E-state index is 14.5. The van der Waals surface area contributed by atoms with Crippen LogP contribution in [0.4, 0.5) is 114 Å². The first-order chi connectivity index (χ1) is 20.5. The molecule has 1 aromatic rings. The first kappa shape index (κ1) is 45.4. The third-order valence-corrected chi connectivity index (χ3v) is 6.11. The second-order valence-corrected chi connectivity index (χ2v) is 9.22. The molecule has 1 aromatic carbocycles. The molecule has 0 saturated heterocycles. The van der Waals surface area contributed by atoms with Gasteiger partial charge in [0.15, 0.2) is 0 Å². The summed E-state index contributed by atoms with van der Waals surface area (Å²) in [6.45, 7) is 3.25. The van der Waals surface area contributed by atoms with Crippen molar-refractivity contribution in [3.63, 3.8) is 0 Å². The molecule has 0 saturated carbocycles. The summed E-state index contributed by atoms with van der Waals surface area (Å²) in [6.07, 6.45) is -15.7. The number of alkyl halides is 26. The van der Waals surface area contributed by atoms with E-state index < -0.39 is 106 Å². The SMILES string of the molecule is CC.Cc1cc(C(F)(F)C(F)(F)C(F)(F)C(F)(F)C(F)(F)C(F)(F)F)c(C)cc1C(F)(F)C(F)(F)C(F)(F)C(F)(F)C(F)(F)C(F)(F)F. The molecule has 1 rings (SSSR count). The van der Waals surface area contributed by atoms with Gasteiger partial charge in [0, 0.05) is 11.1 Å². The van der Waals surface area contributed by atoms with Crippen molar-refractivity contribution in [2.24, 2.45) is 0 Å². The highest BCUT2D eigenvalue weighted by molar-refractivity contribution is 5.44. The number of aryl methyl sites for hydroxylation is 2. The quantitative estimate of drug-likeness (QED) is 0.208. The van der Waals surface area contributed by atoms with Crippen molar-refractivity contribution in [3.05, 3.63) is 34.4 Å². The van der Waals surface area contributed by atoms with E-state index in [1.165, 1.54) is 0 Å². The highest BCUT2D eigenvalue weighted by Gasteiger charge is 2.92. The van der Waals surface area contributed by atoms with Gasteiger partial charge in [-0.2, -0.15) is 114 Å². The van der Waals surface area contributed by atoms with Gasteiger partial charge in [-0.25, -0.2) is 0 Å². The zero-order valence-electron chi connectivity index (χ0n) is 23.0. The average molecular weight is 772 g/mol. The van der Waals surface area contributed by atoms with Gasteiger partial charge in [-0.05, 0) is 37.1 Å². The standard InChI is InChI=1S/C20H8F26.C2H6/c1-5-3-8(10(23,24)12(27,28)14(31,32)16(35,36)18(39,40)20(44,45)46)6(2)4-7(5)9(21,22)11(25,26)13(29,30)15(33,34)17(37,38)19(41,42)43;1-2/h3-4H,1-2H3;1-2H3. The van der Waals surface area contributed by atoms with E-state index in [1.54, 1.807) is 0 Å². The molecular weight excluding hydrogens is 758 g/mol. The zero-order chi connectivity index (χ0) is 39.7. The Morgan fingerprint density at radius 3 is 0.625 bits per heavy atom. The van der Waals surface area contributed by atoms with Gasteiger partial charge in [0.25, 0.3) is 0 Å². The van der Waals surface area contributed by atoms with Crippen LogP contribution in [0, 0.1) is 13.8 Å². The Kier molecular flexibility index (Phi) is 11.4. The maximum Gasteiger partial charge on any atom is 0.460 e. The predicted octanol–water partition coefficient (Wildman–Crippen LogP) is 11.7. The first-order valence-electron chi connectivity index (χ1n) is 11.6. The molecule has 0 fully saturated rings. The molecule has 0 atom stereocenters. The number of hydrogen-bond donors (Lipinski definition) is 0. The van der Waals surface area contributed by atoms with Crippen LogP contribution in [-0.2, 0) is 11.8 Å². The van der Waals surface area contributed by atoms with Gasteiger partial charge < -0.3 is 0 Å². The van der Waals surface area contributed by atoms with Crippen LogP contribution in [0.5, 0.6) is 0 Å². The van der Waals surface area contributed by atoms with E-state index in [1.807, 2.05) is 13.8 Å². The van der Waals surface area contributed by atoms with Gasteiger partial charge >= 0.3 is 71.6 Å². The monoisotopic (exact) mass is 772 g/mol. The van der Waals surface area contributed by atoms with Gasteiger partial charge in [0.1, 0.15) is 0 Å². The molecule has 0 unspecified atom stereocenters. The van der Waals surface area contributed by atoms with Gasteiger partial charge in [0.2, 0.25) is 0 Å². The molecule has 284 valence electrons. The summed E-state index contributed by atoms with van der Waals surface area (Å²) in [5.74, 6) is -81.0. The maximum absolute atomic E-state index is 14.5. The molecule has 48 heavy (non-hydrogen) atoms. The summed E-state index contributed by atoms with van der Waals surface area (Å²) in [5, 5.41) is 0. The lowest BCUT2D eigenvalue weighted by Crippen LogP contribution is -2.69. The molecule has 0 radical (unpaired) electrons. The highest BCUT2D eigenvalue weighted by atomic mass is 19.4. The third kappa shape index (κ3) is 5.86. The first-order valence-corrected chi connectivity index (χ1v) is 11.6. The molecule has 0 aliphatic carbocycles. The Hall–Kier alpha value is -2.60. The molecule has 0 aliphatic rings. The van der Waals surface area contributed by atoms with Crippen LogP contribution >= 0.6 is 0 Å². The second kappa shape index (κ2) is 12.0. The van der Waals surface area contributed by atoms with Gasteiger partial charge in [-0.3, -0.25) is 0 Å². The van der Waals surface area contributed by atoms with Crippen LogP contribution < -0.4 is 0 Å². The van der Waals surface area contributed by atoms with Crippen molar-refractivity contribution in [2.45, 2.75) is 99.3 Å². The van der Waals surface area contributed by atoms with E-state index in [4.69, 9.17) is 0 Å². The normalized spacial score (nSPS) is 15.7. The topological polar surface area (TPSA) is 0 Å². The number of benzene rings is 1. The highest BCUT2D eigenvalue weighted by Crippen LogP contribution is 2.64. The minimum atomic E-state index is -8.46. The molecule has 0 amide bonds. The Morgan fingerprint density at radius 2 is 0.458 bits per heavy atom. The summed E-state index contributed by atoms with van der Waals surface area (Å²) in [7, 11) is 0. The summed E-state index contributed by atoms with van der Waals surface area (Å²) in [5.41, 5.74) is -10.9. The average Bonchev–Trinajstić information content (AvgIpc) is 2.88. The largest absolute Gasteiger partial charge is 0.460 e. The van der Waals surface area contributed by atoms with Crippen LogP contribution in [0.15, 0.2) is 12.1 Å². The van der Waals surface area contributed by atoms with Crippen LogP contribution in [0.3, 0.4) is 0 Å². The molecule has 26 heteroatoms. The lowest BCUT2D eigenvalue weighted by atomic mass is 9.84. The number of rotatable bonds is 10. The van der Waals surface area contributed by atoms with Gasteiger partial charge in [-0.1, -0.05) is 13.8 Å². The Labute approximate surface area is 249 Å². The van der Waals surface area contributed by atoms with Crippen molar-refractivity contribution in [3.8, 4) is 0 Å². The third-order valence-electron chi connectivity index (χ3n) is 6.11. The second-order valence-electron chi connectivity index (χ2n) is 9.22. The van der Waals surface area contributed by atoms with E-state index in [9.17, 15) is 114 Å². The fourth-order valence-corrected chi connectivity index (χ4v) is 3.37. The molecule has 0 spiro atoms. The summed E-state index contributed by atoms with van der Waals surface area (Å²) < 4.78 is 348. The molecule has 0 nitrogen and oxygen atoms in total. The molecule has 0 N–H and O–H groups in total. The van der Waals surface area contributed by atoms with Crippen LogP contribution in [0.25, 0.3) is 0 Å². The van der Waals surface area contributed by atoms with E-state index in [0.29, 0.717) is 0 Å². The van der Waals surface area contributed by atoms with Crippen molar-refractivity contribution in [1.29, 1.82) is 0 Å². The summed E-state index contributed by atoms with van der Waals surface area (Å²) >= 11 is 0. The fourth-order valence-electron chi connectivity index (χ4n) is 3.37. The van der Waals surface area contributed by atoms with Crippen LogP contribution in [-0.4, -0.2) is 59.7 Å². The minimum absolute atomic E-state index is 0.373. The van der Waals surface area contributed by atoms with E-state index >= 15 is 0 Å². The van der Waals surface area contributed by atoms with E-state index in [2.05, 4.69) is 0 Å². The number of halogens is 26. The lowest BCUT2D eigenvalue weighted by molar-refractivity contribution is -0.442. The smallest absolute Gasteiger partial charge is 0.194 e. The zero-order valence-corrected chi connectivity index (χ0v) is 23.0. The van der Waals surface area contributed by atoms with E-state index in [0.717, 1.165) is 0 Å². The summed E-state index contributed by atoms with van der Waals surface area (Å²) in [4.78, 5) is 0. The van der Waals surface area contributed by atoms with Crippen molar-refractivity contribution in [2.75, 3.05) is 0 Å². The molecular formula is C22H14F26. The fraction of sp³-hybridized carbons (Fsp3) is 0.727. The Bertz CT molecular complexity index is 1190. The minimum Gasteiger partial charge on any atom is -0.194 e. The van der Waals surface area contributed by atoms with Crippen molar-refractivity contribution in [1.82, 2.24) is 0 Å². The van der Waals surface area contributed by atoms with Gasteiger partial charge in [-0.15, -0.1) is 0 Å². The van der Waals surface area contributed by atoms with E-state index in [-0.39, 0.29) is 13.8 Å². The summed E-state index contributed by atoms with van der Waals surface area (Å²) in [6, 6.07) is -2.42. The van der Waals surface area contributed by atoms with Crippen molar-refractivity contribution < 1.29 is 114 Å². The van der Waals surface area contributed by atoms with Crippen LogP contribution in [0.1, 0.15) is 36.1 Å².